The number of benzene rings is 1. The molecule has 1 aromatic heterocycles. The van der Waals surface area contributed by atoms with Crippen LogP contribution in [-0.2, 0) is 16.8 Å². The molecule has 0 N–H and O–H groups in total. The maximum absolute atomic E-state index is 13.3. The normalized spacial score (nSPS) is 22.5. The van der Waals surface area contributed by atoms with E-state index in [1.165, 1.54) is 0 Å². The SMILES string of the molecule is CN(C)c1ncc2c(n1)C1(CCN(C(=O)c3ccc4c(c3)OCCCO4)C1)COC2. The summed E-state index contributed by atoms with van der Waals surface area (Å²) in [4.78, 5) is 26.3. The van der Waals surface area contributed by atoms with E-state index in [1.54, 1.807) is 6.07 Å². The van der Waals surface area contributed by atoms with Gasteiger partial charge in [0.05, 0.1) is 37.5 Å². The minimum absolute atomic E-state index is 0.00321. The van der Waals surface area contributed by atoms with Crippen LogP contribution in [0, 0.1) is 0 Å². The maximum Gasteiger partial charge on any atom is 0.254 e. The lowest BCUT2D eigenvalue weighted by Gasteiger charge is -2.34. The third kappa shape index (κ3) is 3.25. The smallest absolute Gasteiger partial charge is 0.254 e. The Hall–Kier alpha value is -2.87. The lowest BCUT2D eigenvalue weighted by atomic mass is 9.80. The van der Waals surface area contributed by atoms with E-state index in [4.69, 9.17) is 19.2 Å². The highest BCUT2D eigenvalue weighted by atomic mass is 16.5. The van der Waals surface area contributed by atoms with Crippen LogP contribution in [0.5, 0.6) is 11.5 Å². The van der Waals surface area contributed by atoms with Gasteiger partial charge in [-0.3, -0.25) is 4.79 Å². The third-order valence-corrected chi connectivity index (χ3v) is 6.03. The molecule has 1 aromatic carbocycles. The van der Waals surface area contributed by atoms with Crippen LogP contribution in [0.25, 0.3) is 0 Å². The zero-order chi connectivity index (χ0) is 20.7. The van der Waals surface area contributed by atoms with Gasteiger partial charge in [0.15, 0.2) is 11.5 Å². The number of carbonyl (C=O) groups excluding carboxylic acids is 1. The zero-order valence-electron chi connectivity index (χ0n) is 17.4. The third-order valence-electron chi connectivity index (χ3n) is 6.03. The van der Waals surface area contributed by atoms with Crippen LogP contribution < -0.4 is 14.4 Å². The van der Waals surface area contributed by atoms with Gasteiger partial charge in [0.2, 0.25) is 5.95 Å². The minimum atomic E-state index is -0.289. The van der Waals surface area contributed by atoms with Crippen molar-refractivity contribution >= 4 is 11.9 Å². The molecule has 1 amide bonds. The predicted octanol–water partition coefficient (Wildman–Crippen LogP) is 2.02. The Kier molecular flexibility index (Phi) is 4.73. The van der Waals surface area contributed by atoms with Crippen molar-refractivity contribution in [1.82, 2.24) is 14.9 Å². The molecule has 1 spiro atoms. The number of carbonyl (C=O) groups is 1. The summed E-state index contributed by atoms with van der Waals surface area (Å²) in [6.45, 7) is 3.55. The summed E-state index contributed by atoms with van der Waals surface area (Å²) in [5, 5.41) is 0. The van der Waals surface area contributed by atoms with Crippen LogP contribution in [0.1, 0.15) is 34.5 Å². The van der Waals surface area contributed by atoms with E-state index in [-0.39, 0.29) is 11.3 Å². The minimum Gasteiger partial charge on any atom is -0.490 e. The summed E-state index contributed by atoms with van der Waals surface area (Å²) in [5.41, 5.74) is 2.35. The molecule has 0 bridgehead atoms. The highest BCUT2D eigenvalue weighted by Gasteiger charge is 2.46. The average molecular weight is 410 g/mol. The molecular formula is C22H26N4O4. The van der Waals surface area contributed by atoms with E-state index in [0.717, 1.165) is 24.1 Å². The van der Waals surface area contributed by atoms with Crippen molar-refractivity contribution in [2.24, 2.45) is 0 Å². The fourth-order valence-electron chi connectivity index (χ4n) is 4.44. The summed E-state index contributed by atoms with van der Waals surface area (Å²) >= 11 is 0. The molecular weight excluding hydrogens is 384 g/mol. The predicted molar refractivity (Wildman–Crippen MR) is 110 cm³/mol. The average Bonchev–Trinajstić information content (AvgIpc) is 3.03. The first-order chi connectivity index (χ1) is 14.6. The second kappa shape index (κ2) is 7.43. The van der Waals surface area contributed by atoms with Gasteiger partial charge >= 0.3 is 0 Å². The standard InChI is InChI=1S/C22H26N4O4/c1-25(2)21-23-11-16-12-28-14-22(19(16)24-21)6-7-26(13-22)20(27)15-4-5-17-18(10-15)30-9-3-8-29-17/h4-5,10-11H,3,6-9,12-14H2,1-2H3. The molecule has 158 valence electrons. The van der Waals surface area contributed by atoms with Crippen LogP contribution in [0.15, 0.2) is 24.4 Å². The first kappa shape index (κ1) is 19.1. The summed E-state index contributed by atoms with van der Waals surface area (Å²) in [7, 11) is 3.87. The number of hydrogen-bond acceptors (Lipinski definition) is 7. The summed E-state index contributed by atoms with van der Waals surface area (Å²) < 4.78 is 17.3. The summed E-state index contributed by atoms with van der Waals surface area (Å²) in [6.07, 6.45) is 3.51. The van der Waals surface area contributed by atoms with Crippen LogP contribution in [0.3, 0.4) is 0 Å². The Bertz CT molecular complexity index is 980. The van der Waals surface area contributed by atoms with Gasteiger partial charge in [-0.05, 0) is 24.6 Å². The van der Waals surface area contributed by atoms with Gasteiger partial charge < -0.3 is 24.0 Å². The monoisotopic (exact) mass is 410 g/mol. The first-order valence-corrected chi connectivity index (χ1v) is 10.4. The Morgan fingerprint density at radius 3 is 2.87 bits per heavy atom. The van der Waals surface area contributed by atoms with Gasteiger partial charge in [0.25, 0.3) is 5.91 Å². The second-order valence-electron chi connectivity index (χ2n) is 8.40. The molecule has 3 aliphatic heterocycles. The van der Waals surface area contributed by atoms with E-state index >= 15 is 0 Å². The Morgan fingerprint density at radius 1 is 1.20 bits per heavy atom. The van der Waals surface area contributed by atoms with Crippen molar-refractivity contribution in [3.05, 3.63) is 41.2 Å². The number of nitrogens with zero attached hydrogens (tertiary/aromatic N) is 4. The number of likely N-dealkylation sites (tertiary alicyclic amines) is 1. The fraction of sp³-hybridized carbons (Fsp3) is 0.500. The Morgan fingerprint density at radius 2 is 2.03 bits per heavy atom. The van der Waals surface area contributed by atoms with Crippen molar-refractivity contribution in [2.45, 2.75) is 24.9 Å². The maximum atomic E-state index is 13.3. The topological polar surface area (TPSA) is 77.0 Å². The zero-order valence-corrected chi connectivity index (χ0v) is 17.4. The van der Waals surface area contributed by atoms with Crippen molar-refractivity contribution in [3.63, 3.8) is 0 Å². The van der Waals surface area contributed by atoms with Crippen molar-refractivity contribution in [2.75, 3.05) is 51.9 Å². The Balaban J connectivity index is 1.41. The fourth-order valence-corrected chi connectivity index (χ4v) is 4.44. The largest absolute Gasteiger partial charge is 0.490 e. The van der Waals surface area contributed by atoms with E-state index in [1.807, 2.05) is 42.2 Å². The number of fused-ring (bicyclic) bond motifs is 3. The highest BCUT2D eigenvalue weighted by Crippen LogP contribution is 2.40. The molecule has 8 heteroatoms. The molecule has 8 nitrogen and oxygen atoms in total. The molecule has 30 heavy (non-hydrogen) atoms. The number of anilines is 1. The molecule has 1 fully saturated rings. The van der Waals surface area contributed by atoms with Gasteiger partial charge in [0, 0.05) is 50.9 Å². The summed E-state index contributed by atoms with van der Waals surface area (Å²) in [5.74, 6) is 2.02. The van der Waals surface area contributed by atoms with Gasteiger partial charge in [0.1, 0.15) is 0 Å². The molecule has 3 aliphatic rings. The molecule has 0 saturated carbocycles. The van der Waals surface area contributed by atoms with Crippen molar-refractivity contribution in [1.29, 1.82) is 0 Å². The molecule has 2 aromatic rings. The highest BCUT2D eigenvalue weighted by molar-refractivity contribution is 5.95. The number of hydrogen-bond donors (Lipinski definition) is 0. The van der Waals surface area contributed by atoms with Gasteiger partial charge in [-0.1, -0.05) is 0 Å². The van der Waals surface area contributed by atoms with Crippen molar-refractivity contribution < 1.29 is 19.0 Å². The molecule has 5 rings (SSSR count). The first-order valence-electron chi connectivity index (χ1n) is 10.4. The van der Waals surface area contributed by atoms with E-state index in [2.05, 4.69) is 4.98 Å². The molecule has 0 aliphatic carbocycles. The van der Waals surface area contributed by atoms with E-state index in [0.29, 0.717) is 62.5 Å². The lowest BCUT2D eigenvalue weighted by Crippen LogP contribution is -2.42. The van der Waals surface area contributed by atoms with E-state index < -0.39 is 0 Å². The number of ether oxygens (including phenoxy) is 3. The number of rotatable bonds is 2. The van der Waals surface area contributed by atoms with Crippen molar-refractivity contribution in [3.8, 4) is 11.5 Å². The quantitative estimate of drug-likeness (QED) is 0.750. The molecule has 1 unspecified atom stereocenters. The lowest BCUT2D eigenvalue weighted by molar-refractivity contribution is 0.0484. The van der Waals surface area contributed by atoms with Crippen LogP contribution >= 0.6 is 0 Å². The second-order valence-corrected chi connectivity index (χ2v) is 8.40. The van der Waals surface area contributed by atoms with Crippen LogP contribution in [0.4, 0.5) is 5.95 Å². The van der Waals surface area contributed by atoms with Gasteiger partial charge in [-0.2, -0.15) is 0 Å². The molecule has 4 heterocycles. The Labute approximate surface area is 175 Å². The van der Waals surface area contributed by atoms with Gasteiger partial charge in [-0.25, -0.2) is 9.97 Å². The molecule has 1 atom stereocenters. The summed E-state index contributed by atoms with van der Waals surface area (Å²) in [6, 6.07) is 5.44. The molecule has 0 radical (unpaired) electrons. The van der Waals surface area contributed by atoms with E-state index in [9.17, 15) is 4.79 Å². The van der Waals surface area contributed by atoms with Crippen LogP contribution in [-0.4, -0.2) is 67.8 Å². The van der Waals surface area contributed by atoms with Crippen LogP contribution in [0.2, 0.25) is 0 Å². The number of aromatic nitrogens is 2. The number of amides is 1. The van der Waals surface area contributed by atoms with Gasteiger partial charge in [-0.15, -0.1) is 0 Å². The molecule has 1 saturated heterocycles.